The van der Waals surface area contributed by atoms with Gasteiger partial charge in [-0.15, -0.1) is 0 Å². The van der Waals surface area contributed by atoms with Crippen LogP contribution in [0.5, 0.6) is 0 Å². The van der Waals surface area contributed by atoms with Crippen molar-refractivity contribution in [2.75, 3.05) is 17.7 Å². The third kappa shape index (κ3) is 2.90. The monoisotopic (exact) mass is 268 g/mol. The maximum atomic E-state index is 4.65. The summed E-state index contributed by atoms with van der Waals surface area (Å²) >= 11 is 0. The average Bonchev–Trinajstić information content (AvgIpc) is 3.00. The van der Waals surface area contributed by atoms with E-state index in [9.17, 15) is 0 Å². The van der Waals surface area contributed by atoms with Crippen LogP contribution >= 0.6 is 0 Å². The van der Waals surface area contributed by atoms with Crippen LogP contribution < -0.4 is 10.6 Å². The number of hydrogen-bond acceptors (Lipinski definition) is 4. The van der Waals surface area contributed by atoms with Crippen LogP contribution in [0.2, 0.25) is 0 Å². The molecule has 3 rings (SSSR count). The molecule has 0 unspecified atom stereocenters. The molecule has 0 bridgehead atoms. The van der Waals surface area contributed by atoms with Crippen LogP contribution in [0.1, 0.15) is 25.7 Å². The lowest BCUT2D eigenvalue weighted by Crippen LogP contribution is -2.16. The second-order valence-electron chi connectivity index (χ2n) is 5.20. The maximum Gasteiger partial charge on any atom is 0.163 e. The van der Waals surface area contributed by atoms with E-state index in [-0.39, 0.29) is 0 Å². The molecule has 1 heterocycles. The van der Waals surface area contributed by atoms with E-state index in [1.54, 1.807) is 0 Å². The van der Waals surface area contributed by atoms with Crippen molar-refractivity contribution in [3.05, 3.63) is 36.4 Å². The zero-order valence-corrected chi connectivity index (χ0v) is 11.8. The summed E-state index contributed by atoms with van der Waals surface area (Å²) in [4.78, 5) is 9.19. The van der Waals surface area contributed by atoms with Gasteiger partial charge in [0, 0.05) is 24.7 Å². The summed E-state index contributed by atoms with van der Waals surface area (Å²) < 4.78 is 0. The minimum Gasteiger partial charge on any atom is -0.373 e. The Morgan fingerprint density at radius 1 is 1.00 bits per heavy atom. The summed E-state index contributed by atoms with van der Waals surface area (Å²) in [6.07, 6.45) is 5.10. The SMILES string of the molecule is CNc1cc(NC2CCCC2)nc(-c2ccccc2)n1. The smallest absolute Gasteiger partial charge is 0.163 e. The number of nitrogens with one attached hydrogen (secondary N) is 2. The fourth-order valence-electron chi connectivity index (χ4n) is 2.64. The second-order valence-corrected chi connectivity index (χ2v) is 5.20. The van der Waals surface area contributed by atoms with E-state index in [2.05, 4.69) is 20.6 Å². The first kappa shape index (κ1) is 12.9. The first-order valence-corrected chi connectivity index (χ1v) is 7.24. The predicted octanol–water partition coefficient (Wildman–Crippen LogP) is 3.54. The van der Waals surface area contributed by atoms with Gasteiger partial charge in [0.2, 0.25) is 0 Å². The summed E-state index contributed by atoms with van der Waals surface area (Å²) in [6, 6.07) is 12.6. The third-order valence-corrected chi connectivity index (χ3v) is 3.72. The Labute approximate surface area is 119 Å². The largest absolute Gasteiger partial charge is 0.373 e. The highest BCUT2D eigenvalue weighted by Crippen LogP contribution is 2.24. The summed E-state index contributed by atoms with van der Waals surface area (Å²) in [5, 5.41) is 6.65. The van der Waals surface area contributed by atoms with Gasteiger partial charge in [-0.1, -0.05) is 43.2 Å². The Kier molecular flexibility index (Phi) is 3.81. The average molecular weight is 268 g/mol. The van der Waals surface area contributed by atoms with Crippen molar-refractivity contribution < 1.29 is 0 Å². The highest BCUT2D eigenvalue weighted by atomic mass is 15.1. The fourth-order valence-corrected chi connectivity index (χ4v) is 2.64. The molecule has 1 fully saturated rings. The van der Waals surface area contributed by atoms with Gasteiger partial charge in [0.1, 0.15) is 11.6 Å². The predicted molar refractivity (Wildman–Crippen MR) is 82.9 cm³/mol. The lowest BCUT2D eigenvalue weighted by Gasteiger charge is -2.14. The molecule has 0 atom stereocenters. The number of anilines is 2. The molecule has 1 aromatic heterocycles. The molecular formula is C16H20N4. The standard InChI is InChI=1S/C16H20N4/c1-17-14-11-15(18-13-9-5-6-10-13)20-16(19-14)12-7-3-2-4-8-12/h2-4,7-8,11,13H,5-6,9-10H2,1H3,(H2,17,18,19,20). The van der Waals surface area contributed by atoms with E-state index in [0.717, 1.165) is 23.0 Å². The van der Waals surface area contributed by atoms with Gasteiger partial charge in [0.25, 0.3) is 0 Å². The Balaban J connectivity index is 1.90. The van der Waals surface area contributed by atoms with Gasteiger partial charge >= 0.3 is 0 Å². The van der Waals surface area contributed by atoms with Crippen molar-refractivity contribution in [1.29, 1.82) is 0 Å². The molecule has 0 spiro atoms. The molecule has 0 radical (unpaired) electrons. The summed E-state index contributed by atoms with van der Waals surface area (Å²) in [5.41, 5.74) is 1.04. The summed E-state index contributed by atoms with van der Waals surface area (Å²) in [6.45, 7) is 0. The van der Waals surface area contributed by atoms with Crippen LogP contribution in [-0.4, -0.2) is 23.1 Å². The molecular weight excluding hydrogens is 248 g/mol. The molecule has 104 valence electrons. The molecule has 4 heteroatoms. The van der Waals surface area contributed by atoms with Gasteiger partial charge in [0.15, 0.2) is 5.82 Å². The highest BCUT2D eigenvalue weighted by molar-refractivity contribution is 5.61. The molecule has 1 aliphatic rings. The number of benzene rings is 1. The van der Waals surface area contributed by atoms with Gasteiger partial charge in [-0.25, -0.2) is 9.97 Å². The zero-order chi connectivity index (χ0) is 13.8. The van der Waals surface area contributed by atoms with E-state index in [1.807, 2.05) is 43.4 Å². The van der Waals surface area contributed by atoms with Gasteiger partial charge < -0.3 is 10.6 Å². The van der Waals surface area contributed by atoms with Crippen molar-refractivity contribution in [3.8, 4) is 11.4 Å². The van der Waals surface area contributed by atoms with Gasteiger partial charge in [-0.2, -0.15) is 0 Å². The first-order chi connectivity index (χ1) is 9.85. The molecule has 0 saturated heterocycles. The molecule has 0 amide bonds. The van der Waals surface area contributed by atoms with E-state index in [1.165, 1.54) is 25.7 Å². The normalized spacial score (nSPS) is 15.2. The van der Waals surface area contributed by atoms with Crippen molar-refractivity contribution in [2.45, 2.75) is 31.7 Å². The van der Waals surface area contributed by atoms with E-state index >= 15 is 0 Å². The van der Waals surface area contributed by atoms with Crippen LogP contribution in [0, 0.1) is 0 Å². The maximum absolute atomic E-state index is 4.65. The molecule has 0 aliphatic heterocycles. The third-order valence-electron chi connectivity index (χ3n) is 3.72. The highest BCUT2D eigenvalue weighted by Gasteiger charge is 2.16. The van der Waals surface area contributed by atoms with E-state index < -0.39 is 0 Å². The quantitative estimate of drug-likeness (QED) is 0.890. The summed E-state index contributed by atoms with van der Waals surface area (Å²) in [5.74, 6) is 2.52. The number of nitrogens with zero attached hydrogens (tertiary/aromatic N) is 2. The minimum atomic E-state index is 0.554. The van der Waals surface area contributed by atoms with Crippen LogP contribution in [0.4, 0.5) is 11.6 Å². The van der Waals surface area contributed by atoms with Crippen molar-refractivity contribution >= 4 is 11.6 Å². The van der Waals surface area contributed by atoms with E-state index in [4.69, 9.17) is 0 Å². The number of hydrogen-bond donors (Lipinski definition) is 2. The van der Waals surface area contributed by atoms with Crippen LogP contribution in [0.25, 0.3) is 11.4 Å². The lowest BCUT2D eigenvalue weighted by atomic mass is 10.2. The van der Waals surface area contributed by atoms with Crippen LogP contribution in [0.3, 0.4) is 0 Å². The molecule has 2 aromatic rings. The Hall–Kier alpha value is -2.10. The minimum absolute atomic E-state index is 0.554. The molecule has 1 aliphatic carbocycles. The topological polar surface area (TPSA) is 49.8 Å². The Bertz CT molecular complexity index is 562. The van der Waals surface area contributed by atoms with Crippen molar-refractivity contribution in [3.63, 3.8) is 0 Å². The van der Waals surface area contributed by atoms with Crippen LogP contribution in [0.15, 0.2) is 36.4 Å². The Morgan fingerprint density at radius 2 is 1.70 bits per heavy atom. The first-order valence-electron chi connectivity index (χ1n) is 7.24. The zero-order valence-electron chi connectivity index (χ0n) is 11.8. The van der Waals surface area contributed by atoms with Crippen molar-refractivity contribution in [2.24, 2.45) is 0 Å². The van der Waals surface area contributed by atoms with E-state index in [0.29, 0.717) is 6.04 Å². The lowest BCUT2D eigenvalue weighted by molar-refractivity contribution is 0.750. The van der Waals surface area contributed by atoms with Crippen LogP contribution in [-0.2, 0) is 0 Å². The Morgan fingerprint density at radius 3 is 2.40 bits per heavy atom. The van der Waals surface area contributed by atoms with Gasteiger partial charge in [0.05, 0.1) is 0 Å². The van der Waals surface area contributed by atoms with Gasteiger partial charge in [-0.3, -0.25) is 0 Å². The molecule has 1 saturated carbocycles. The molecule has 2 N–H and O–H groups in total. The van der Waals surface area contributed by atoms with Gasteiger partial charge in [-0.05, 0) is 12.8 Å². The summed E-state index contributed by atoms with van der Waals surface area (Å²) in [7, 11) is 1.89. The molecule has 20 heavy (non-hydrogen) atoms. The molecule has 4 nitrogen and oxygen atoms in total. The number of aromatic nitrogens is 2. The molecule has 1 aromatic carbocycles. The second kappa shape index (κ2) is 5.90. The van der Waals surface area contributed by atoms with Crippen molar-refractivity contribution in [1.82, 2.24) is 9.97 Å². The number of rotatable bonds is 4. The fraction of sp³-hybridized carbons (Fsp3) is 0.375.